The number of nitrogens with zero attached hydrogens (tertiary/aromatic N) is 2. The van der Waals surface area contributed by atoms with Crippen molar-refractivity contribution in [1.29, 1.82) is 0 Å². The van der Waals surface area contributed by atoms with Crippen LogP contribution in [0, 0.1) is 12.7 Å². The van der Waals surface area contributed by atoms with Crippen molar-refractivity contribution in [2.45, 2.75) is 32.3 Å². The molecule has 1 saturated carbocycles. The van der Waals surface area contributed by atoms with Crippen molar-refractivity contribution >= 4 is 39.9 Å². The Bertz CT molecular complexity index is 963. The zero-order chi connectivity index (χ0) is 20.1. The number of nitrogens with two attached hydrogens (primary N) is 1. The molecule has 1 heterocycles. The van der Waals surface area contributed by atoms with Crippen LogP contribution in [0.4, 0.5) is 21.6 Å². The first kappa shape index (κ1) is 20.2. The summed E-state index contributed by atoms with van der Waals surface area (Å²) in [4.78, 5) is 8.65. The highest BCUT2D eigenvalue weighted by atomic mass is 32.2. The van der Waals surface area contributed by atoms with E-state index in [0.717, 1.165) is 35.7 Å². The van der Waals surface area contributed by atoms with E-state index in [1.165, 1.54) is 18.5 Å². The number of nitrogens with one attached hydrogen (secondary N) is 1. The van der Waals surface area contributed by atoms with Gasteiger partial charge in [0.1, 0.15) is 23.7 Å². The lowest BCUT2D eigenvalue weighted by Gasteiger charge is -2.27. The van der Waals surface area contributed by atoms with Gasteiger partial charge in [0, 0.05) is 17.1 Å². The average Bonchev–Trinajstić information content (AvgIpc) is 2.60. The molecule has 1 aliphatic rings. The number of aromatic nitrogens is 2. The van der Waals surface area contributed by atoms with Gasteiger partial charge in [-0.1, -0.05) is 0 Å². The van der Waals surface area contributed by atoms with Crippen LogP contribution < -0.4 is 15.8 Å². The summed E-state index contributed by atoms with van der Waals surface area (Å²) in [5, 5.41) is 4.16. The molecule has 28 heavy (non-hydrogen) atoms. The first-order valence-corrected chi connectivity index (χ1v) is 10.8. The van der Waals surface area contributed by atoms with Crippen molar-refractivity contribution in [2.24, 2.45) is 0 Å². The summed E-state index contributed by atoms with van der Waals surface area (Å²) in [6, 6.07) is 8.18. The fraction of sp³-hybridized carbons (Fsp3) is 0.333. The van der Waals surface area contributed by atoms with Gasteiger partial charge >= 0.3 is 0 Å². The van der Waals surface area contributed by atoms with Crippen LogP contribution in [0.25, 0.3) is 10.9 Å². The predicted molar refractivity (Wildman–Crippen MR) is 116 cm³/mol. The van der Waals surface area contributed by atoms with Crippen LogP contribution in [0.1, 0.15) is 24.8 Å². The Labute approximate surface area is 168 Å². The Kier molecular flexibility index (Phi) is 6.57. The molecule has 1 aliphatic carbocycles. The van der Waals surface area contributed by atoms with E-state index in [9.17, 15) is 4.39 Å². The molecule has 0 radical (unpaired) electrons. The van der Waals surface area contributed by atoms with Crippen LogP contribution in [0.15, 0.2) is 36.7 Å². The van der Waals surface area contributed by atoms with Gasteiger partial charge in [0.25, 0.3) is 0 Å². The van der Waals surface area contributed by atoms with Crippen LogP contribution in [-0.2, 0) is 0 Å². The van der Waals surface area contributed by atoms with E-state index in [0.29, 0.717) is 22.9 Å². The van der Waals surface area contributed by atoms with E-state index in [1.54, 1.807) is 17.8 Å². The third kappa shape index (κ3) is 4.65. The predicted octanol–water partition coefficient (Wildman–Crippen LogP) is 5.31. The van der Waals surface area contributed by atoms with Crippen molar-refractivity contribution in [2.75, 3.05) is 23.6 Å². The van der Waals surface area contributed by atoms with Gasteiger partial charge in [-0.3, -0.25) is 0 Å². The second-order valence-corrected chi connectivity index (χ2v) is 7.62. The molecule has 3 aromatic rings. The minimum atomic E-state index is -0.323. The zero-order valence-electron chi connectivity index (χ0n) is 16.3. The maximum atomic E-state index is 13.7. The highest BCUT2D eigenvalue weighted by molar-refractivity contribution is 7.97. The van der Waals surface area contributed by atoms with E-state index >= 15 is 0 Å². The monoisotopic (exact) mass is 400 g/mol. The standard InChI is InChI=1S/C19H19FN4O.C2H6S/c1-11-7-13(21)9-16-18(11)19(23-10-22-16)24-15-6-5-12(20)8-17(15)25-14-3-2-4-14;1-3-2/h5-10,14H,2-4,21H2,1H3,(H,22,23,24);1-2H3. The number of halogens is 1. The second-order valence-electron chi connectivity index (χ2n) is 6.80. The molecular weight excluding hydrogens is 375 g/mol. The minimum absolute atomic E-state index is 0.158. The summed E-state index contributed by atoms with van der Waals surface area (Å²) in [6.45, 7) is 1.96. The summed E-state index contributed by atoms with van der Waals surface area (Å²) in [7, 11) is 0. The smallest absolute Gasteiger partial charge is 0.146 e. The van der Waals surface area contributed by atoms with Crippen molar-refractivity contribution < 1.29 is 9.13 Å². The minimum Gasteiger partial charge on any atom is -0.488 e. The first-order chi connectivity index (χ1) is 13.5. The molecule has 0 unspecified atom stereocenters. The maximum Gasteiger partial charge on any atom is 0.146 e. The van der Waals surface area contributed by atoms with E-state index < -0.39 is 0 Å². The van der Waals surface area contributed by atoms with Gasteiger partial charge in [-0.05, 0) is 68.5 Å². The molecule has 0 aliphatic heterocycles. The Balaban J connectivity index is 0.000000706. The molecule has 148 valence electrons. The fourth-order valence-electron chi connectivity index (χ4n) is 3.01. The van der Waals surface area contributed by atoms with Gasteiger partial charge in [-0.25, -0.2) is 14.4 Å². The van der Waals surface area contributed by atoms with Crippen LogP contribution in [-0.4, -0.2) is 28.6 Å². The molecule has 3 N–H and O–H groups in total. The number of hydrogen-bond acceptors (Lipinski definition) is 6. The van der Waals surface area contributed by atoms with Crippen LogP contribution in [0.2, 0.25) is 0 Å². The van der Waals surface area contributed by atoms with Crippen LogP contribution >= 0.6 is 11.8 Å². The highest BCUT2D eigenvalue weighted by Gasteiger charge is 2.21. The molecule has 1 fully saturated rings. The second kappa shape index (κ2) is 9.10. The number of thioether (sulfide) groups is 1. The Morgan fingerprint density at radius 1 is 1.18 bits per heavy atom. The lowest BCUT2D eigenvalue weighted by Crippen LogP contribution is -2.25. The molecule has 0 spiro atoms. The van der Waals surface area contributed by atoms with E-state index in [2.05, 4.69) is 15.3 Å². The molecule has 2 aromatic carbocycles. The quantitative estimate of drug-likeness (QED) is 0.578. The third-order valence-corrected chi connectivity index (χ3v) is 4.50. The van der Waals surface area contributed by atoms with Gasteiger partial charge < -0.3 is 15.8 Å². The molecule has 5 nitrogen and oxygen atoms in total. The highest BCUT2D eigenvalue weighted by Crippen LogP contribution is 2.35. The molecule has 0 saturated heterocycles. The first-order valence-electron chi connectivity index (χ1n) is 9.16. The number of hydrogen-bond donors (Lipinski definition) is 2. The maximum absolute atomic E-state index is 13.7. The van der Waals surface area contributed by atoms with Crippen LogP contribution in [0.3, 0.4) is 0 Å². The normalized spacial score (nSPS) is 13.4. The van der Waals surface area contributed by atoms with Gasteiger partial charge in [-0.2, -0.15) is 11.8 Å². The lowest BCUT2D eigenvalue weighted by atomic mass is 9.96. The zero-order valence-corrected chi connectivity index (χ0v) is 17.1. The Morgan fingerprint density at radius 2 is 1.93 bits per heavy atom. The molecule has 4 rings (SSSR count). The van der Waals surface area contributed by atoms with E-state index in [-0.39, 0.29) is 11.9 Å². The van der Waals surface area contributed by atoms with Gasteiger partial charge in [0.05, 0.1) is 17.3 Å². The summed E-state index contributed by atoms with van der Waals surface area (Å²) < 4.78 is 19.6. The molecule has 0 bridgehead atoms. The van der Waals surface area contributed by atoms with Crippen molar-refractivity contribution in [3.63, 3.8) is 0 Å². The number of nitrogen functional groups attached to an aromatic ring is 1. The third-order valence-electron chi connectivity index (χ3n) is 4.50. The molecular formula is C21H25FN4OS. The number of rotatable bonds is 4. The summed E-state index contributed by atoms with van der Waals surface area (Å²) in [5.74, 6) is 0.827. The Morgan fingerprint density at radius 3 is 2.61 bits per heavy atom. The molecule has 1 aromatic heterocycles. The number of anilines is 3. The molecule has 0 atom stereocenters. The lowest BCUT2D eigenvalue weighted by molar-refractivity contribution is 0.121. The van der Waals surface area contributed by atoms with E-state index in [1.807, 2.05) is 31.6 Å². The summed E-state index contributed by atoms with van der Waals surface area (Å²) >= 11 is 1.75. The van der Waals surface area contributed by atoms with Crippen LogP contribution in [0.5, 0.6) is 5.75 Å². The van der Waals surface area contributed by atoms with Gasteiger partial charge in [0.2, 0.25) is 0 Å². The SMILES string of the molecule is CSC.Cc1cc(N)cc2ncnc(Nc3ccc(F)cc3OC3CCC3)c12. The van der Waals surface area contributed by atoms with Crippen molar-refractivity contribution in [3.8, 4) is 5.75 Å². The molecule has 7 heteroatoms. The van der Waals surface area contributed by atoms with Gasteiger partial charge in [-0.15, -0.1) is 0 Å². The summed E-state index contributed by atoms with van der Waals surface area (Å²) in [6.07, 6.45) is 8.89. The van der Waals surface area contributed by atoms with Crippen molar-refractivity contribution in [3.05, 3.63) is 48.0 Å². The van der Waals surface area contributed by atoms with Gasteiger partial charge in [0.15, 0.2) is 0 Å². The summed E-state index contributed by atoms with van der Waals surface area (Å²) in [5.41, 5.74) is 8.98. The number of fused-ring (bicyclic) bond motifs is 1. The Hall–Kier alpha value is -2.54. The number of aryl methyl sites for hydroxylation is 1. The topological polar surface area (TPSA) is 73.1 Å². The van der Waals surface area contributed by atoms with Crippen molar-refractivity contribution in [1.82, 2.24) is 9.97 Å². The molecule has 0 amide bonds. The number of benzene rings is 2. The average molecular weight is 401 g/mol. The fourth-order valence-corrected chi connectivity index (χ4v) is 3.01. The van der Waals surface area contributed by atoms with E-state index in [4.69, 9.17) is 10.5 Å². The largest absolute Gasteiger partial charge is 0.488 e. The number of ether oxygens (including phenoxy) is 1.